The second-order valence-corrected chi connectivity index (χ2v) is 8.18. The van der Waals surface area contributed by atoms with Gasteiger partial charge in [0.15, 0.2) is 0 Å². The van der Waals surface area contributed by atoms with Crippen LogP contribution in [0.2, 0.25) is 0 Å². The van der Waals surface area contributed by atoms with Crippen molar-refractivity contribution in [2.45, 2.75) is 40.2 Å². The fourth-order valence-electron chi connectivity index (χ4n) is 3.99. The first-order chi connectivity index (χ1) is 14.5. The first-order valence-electron chi connectivity index (χ1n) is 10.5. The highest BCUT2D eigenvalue weighted by molar-refractivity contribution is 5.93. The van der Waals surface area contributed by atoms with Crippen LogP contribution in [0.3, 0.4) is 0 Å². The summed E-state index contributed by atoms with van der Waals surface area (Å²) in [5.74, 6) is 1.39. The summed E-state index contributed by atoms with van der Waals surface area (Å²) in [4.78, 5) is 19.5. The molecule has 6 heteroatoms. The van der Waals surface area contributed by atoms with Crippen LogP contribution in [0.1, 0.15) is 35.4 Å². The van der Waals surface area contributed by atoms with Crippen molar-refractivity contribution in [1.29, 1.82) is 0 Å². The summed E-state index contributed by atoms with van der Waals surface area (Å²) in [6.45, 7) is 8.42. The lowest BCUT2D eigenvalue weighted by Crippen LogP contribution is -2.37. The highest BCUT2D eigenvalue weighted by atomic mass is 16.5. The van der Waals surface area contributed by atoms with Crippen molar-refractivity contribution in [2.24, 2.45) is 5.92 Å². The molecule has 6 nitrogen and oxygen atoms in total. The lowest BCUT2D eigenvalue weighted by Gasteiger charge is -2.30. The number of hydrogen-bond acceptors (Lipinski definition) is 5. The van der Waals surface area contributed by atoms with Crippen molar-refractivity contribution in [3.8, 4) is 11.4 Å². The molecule has 30 heavy (non-hydrogen) atoms. The molecule has 2 heterocycles. The Balaban J connectivity index is 1.31. The van der Waals surface area contributed by atoms with E-state index in [-0.39, 0.29) is 11.8 Å². The lowest BCUT2D eigenvalue weighted by molar-refractivity contribution is -0.121. The van der Waals surface area contributed by atoms with Gasteiger partial charge in [-0.3, -0.25) is 9.69 Å². The van der Waals surface area contributed by atoms with E-state index in [4.69, 9.17) is 4.52 Å². The molecule has 2 aromatic carbocycles. The molecular weight excluding hydrogens is 376 g/mol. The molecule has 0 spiro atoms. The summed E-state index contributed by atoms with van der Waals surface area (Å²) in [5, 5.41) is 7.24. The molecule has 4 rings (SSSR count). The van der Waals surface area contributed by atoms with Crippen molar-refractivity contribution >= 4 is 11.6 Å². The summed E-state index contributed by atoms with van der Waals surface area (Å²) >= 11 is 0. The second kappa shape index (κ2) is 8.79. The molecule has 0 radical (unpaired) electrons. The van der Waals surface area contributed by atoms with E-state index in [1.165, 1.54) is 5.56 Å². The normalized spacial score (nSPS) is 15.3. The van der Waals surface area contributed by atoms with Crippen LogP contribution in [-0.2, 0) is 11.3 Å². The standard InChI is InChI=1S/C24H28N4O2/c1-16-8-9-21(18(3)14-16)25-24(29)19-10-12-28(13-11-19)15-22-26-23(27-30-22)20-7-5-4-6-17(20)2/h4-9,14,19H,10-13,15H2,1-3H3,(H,25,29). The van der Waals surface area contributed by atoms with E-state index in [2.05, 4.69) is 33.3 Å². The molecule has 0 bridgehead atoms. The van der Waals surface area contributed by atoms with E-state index in [9.17, 15) is 4.79 Å². The number of hydrogen-bond donors (Lipinski definition) is 1. The molecule has 0 unspecified atom stereocenters. The Bertz CT molecular complexity index is 1040. The van der Waals surface area contributed by atoms with Gasteiger partial charge in [0.25, 0.3) is 0 Å². The summed E-state index contributed by atoms with van der Waals surface area (Å²) in [7, 11) is 0. The third-order valence-electron chi connectivity index (χ3n) is 5.81. The van der Waals surface area contributed by atoms with Gasteiger partial charge in [-0.15, -0.1) is 0 Å². The van der Waals surface area contributed by atoms with Gasteiger partial charge in [0.2, 0.25) is 17.6 Å². The maximum Gasteiger partial charge on any atom is 0.241 e. The Morgan fingerprint density at radius 3 is 2.60 bits per heavy atom. The van der Waals surface area contributed by atoms with Crippen LogP contribution in [0.25, 0.3) is 11.4 Å². The molecule has 1 aliphatic heterocycles. The average Bonchev–Trinajstić information content (AvgIpc) is 3.19. The Morgan fingerprint density at radius 2 is 1.87 bits per heavy atom. The van der Waals surface area contributed by atoms with Crippen LogP contribution in [0.4, 0.5) is 5.69 Å². The summed E-state index contributed by atoms with van der Waals surface area (Å²) in [6, 6.07) is 14.1. The zero-order chi connectivity index (χ0) is 21.1. The van der Waals surface area contributed by atoms with Crippen molar-refractivity contribution in [1.82, 2.24) is 15.0 Å². The number of anilines is 1. The van der Waals surface area contributed by atoms with Crippen molar-refractivity contribution in [2.75, 3.05) is 18.4 Å². The van der Waals surface area contributed by atoms with Crippen LogP contribution in [0.15, 0.2) is 47.0 Å². The third-order valence-corrected chi connectivity index (χ3v) is 5.81. The van der Waals surface area contributed by atoms with E-state index in [0.29, 0.717) is 18.3 Å². The molecule has 0 aliphatic carbocycles. The second-order valence-electron chi connectivity index (χ2n) is 8.18. The molecule has 156 valence electrons. The summed E-state index contributed by atoms with van der Waals surface area (Å²) < 4.78 is 5.47. The lowest BCUT2D eigenvalue weighted by atomic mass is 9.95. The number of nitrogens with zero attached hydrogens (tertiary/aromatic N) is 3. The van der Waals surface area contributed by atoms with Gasteiger partial charge in [0.1, 0.15) is 0 Å². The molecule has 1 aromatic heterocycles. The first kappa shape index (κ1) is 20.3. The number of amides is 1. The maximum atomic E-state index is 12.7. The number of aryl methyl sites for hydroxylation is 3. The van der Waals surface area contributed by atoms with Gasteiger partial charge in [0.05, 0.1) is 6.54 Å². The Hall–Kier alpha value is -2.99. The Labute approximate surface area is 177 Å². The van der Waals surface area contributed by atoms with Crippen LogP contribution in [0, 0.1) is 26.7 Å². The van der Waals surface area contributed by atoms with E-state index < -0.39 is 0 Å². The minimum Gasteiger partial charge on any atom is -0.338 e. The van der Waals surface area contributed by atoms with Crippen LogP contribution in [-0.4, -0.2) is 34.0 Å². The van der Waals surface area contributed by atoms with Crippen molar-refractivity contribution < 1.29 is 9.32 Å². The smallest absolute Gasteiger partial charge is 0.241 e. The highest BCUT2D eigenvalue weighted by Gasteiger charge is 2.26. The molecule has 1 saturated heterocycles. The van der Waals surface area contributed by atoms with E-state index >= 15 is 0 Å². The van der Waals surface area contributed by atoms with E-state index in [0.717, 1.165) is 48.3 Å². The number of likely N-dealkylation sites (tertiary alicyclic amines) is 1. The van der Waals surface area contributed by atoms with Gasteiger partial charge < -0.3 is 9.84 Å². The first-order valence-corrected chi connectivity index (χ1v) is 10.5. The number of carbonyl (C=O) groups is 1. The molecule has 1 aliphatic rings. The predicted molar refractivity (Wildman–Crippen MR) is 117 cm³/mol. The van der Waals surface area contributed by atoms with Gasteiger partial charge in [0, 0.05) is 17.2 Å². The van der Waals surface area contributed by atoms with Crippen molar-refractivity contribution in [3.63, 3.8) is 0 Å². The number of piperidine rings is 1. The minimum atomic E-state index is 0.0344. The van der Waals surface area contributed by atoms with Crippen LogP contribution in [0.5, 0.6) is 0 Å². The van der Waals surface area contributed by atoms with E-state index in [1.54, 1.807) is 0 Å². The zero-order valence-electron chi connectivity index (χ0n) is 17.8. The van der Waals surface area contributed by atoms with Gasteiger partial charge >= 0.3 is 0 Å². The molecular formula is C24H28N4O2. The molecule has 0 atom stereocenters. The fourth-order valence-corrected chi connectivity index (χ4v) is 3.99. The van der Waals surface area contributed by atoms with Gasteiger partial charge in [-0.1, -0.05) is 47.1 Å². The molecule has 0 saturated carbocycles. The predicted octanol–water partition coefficient (Wildman–Crippen LogP) is 4.51. The minimum absolute atomic E-state index is 0.0344. The Morgan fingerprint density at radius 1 is 1.10 bits per heavy atom. The topological polar surface area (TPSA) is 71.3 Å². The third kappa shape index (κ3) is 4.60. The number of carbonyl (C=O) groups excluding carboxylic acids is 1. The summed E-state index contributed by atoms with van der Waals surface area (Å²) in [5.41, 5.74) is 5.32. The Kier molecular flexibility index (Phi) is 5.95. The fraction of sp³-hybridized carbons (Fsp3) is 0.375. The zero-order valence-corrected chi connectivity index (χ0v) is 17.8. The van der Waals surface area contributed by atoms with Gasteiger partial charge in [-0.2, -0.15) is 4.98 Å². The molecule has 1 amide bonds. The van der Waals surface area contributed by atoms with Gasteiger partial charge in [-0.25, -0.2) is 0 Å². The van der Waals surface area contributed by atoms with Gasteiger partial charge in [-0.05, 0) is 63.9 Å². The average molecular weight is 405 g/mol. The highest BCUT2D eigenvalue weighted by Crippen LogP contribution is 2.24. The number of benzene rings is 2. The molecule has 3 aromatic rings. The maximum absolute atomic E-state index is 12.7. The largest absolute Gasteiger partial charge is 0.338 e. The van der Waals surface area contributed by atoms with E-state index in [1.807, 2.05) is 50.2 Å². The quantitative estimate of drug-likeness (QED) is 0.677. The van der Waals surface area contributed by atoms with Crippen LogP contribution < -0.4 is 5.32 Å². The van der Waals surface area contributed by atoms with Crippen molar-refractivity contribution in [3.05, 3.63) is 65.0 Å². The van der Waals surface area contributed by atoms with Crippen LogP contribution >= 0.6 is 0 Å². The number of aromatic nitrogens is 2. The molecule has 1 fully saturated rings. The monoisotopic (exact) mass is 404 g/mol. The molecule has 1 N–H and O–H groups in total. The number of rotatable bonds is 5. The summed E-state index contributed by atoms with van der Waals surface area (Å²) in [6.07, 6.45) is 1.66. The number of nitrogens with one attached hydrogen (secondary N) is 1. The SMILES string of the molecule is Cc1ccc(NC(=O)C2CCN(Cc3nc(-c4ccccc4C)no3)CC2)c(C)c1.